The van der Waals surface area contributed by atoms with Crippen molar-refractivity contribution in [2.24, 2.45) is 10.2 Å². The van der Waals surface area contributed by atoms with E-state index in [1.165, 1.54) is 6.07 Å². The molecule has 0 aromatic carbocycles. The lowest BCUT2D eigenvalue weighted by Gasteiger charge is -1.93. The molecule has 0 unspecified atom stereocenters. The predicted octanol–water partition coefficient (Wildman–Crippen LogP) is 0.449. The van der Waals surface area contributed by atoms with Crippen LogP contribution in [0.25, 0.3) is 0 Å². The van der Waals surface area contributed by atoms with E-state index >= 15 is 0 Å². The molecule has 1 rings (SSSR count). The minimum atomic E-state index is -1.34. The van der Waals surface area contributed by atoms with Gasteiger partial charge in [0, 0.05) is 6.20 Å². The Morgan fingerprint density at radius 3 is 2.42 bits per heavy atom. The monoisotopic (exact) mass is 167 g/mol. The lowest BCUT2D eigenvalue weighted by molar-refractivity contribution is 0.584. The van der Waals surface area contributed by atoms with Gasteiger partial charge in [0.15, 0.2) is 0 Å². The molecule has 0 N–H and O–H groups in total. The van der Waals surface area contributed by atoms with E-state index in [2.05, 4.69) is 15.2 Å². The fourth-order valence-electron chi connectivity index (χ4n) is 0.681. The number of hydrogen-bond acceptors (Lipinski definition) is 5. The van der Waals surface area contributed by atoms with Crippen LogP contribution in [0, 0.1) is 15.8 Å². The summed E-state index contributed by atoms with van der Waals surface area (Å²) in [5.41, 5.74) is 0.182. The Morgan fingerprint density at radius 2 is 2.00 bits per heavy atom. The Hall–Kier alpha value is -1.66. The molecule has 12 heavy (non-hydrogen) atoms. The van der Waals surface area contributed by atoms with Crippen LogP contribution in [-0.4, -0.2) is 12.0 Å². The molecule has 0 aliphatic rings. The first kappa shape index (κ1) is 8.44. The maximum absolute atomic E-state index is 12.2. The van der Waals surface area contributed by atoms with Gasteiger partial charge in [-0.25, -0.2) is 4.98 Å². The third kappa shape index (κ3) is 1.69. The molecule has 0 spiro atoms. The zero-order valence-corrected chi connectivity index (χ0v) is 5.85. The fourth-order valence-corrected chi connectivity index (χ4v) is 0.681. The average Bonchev–Trinajstić information content (AvgIpc) is 2.10. The van der Waals surface area contributed by atoms with Crippen LogP contribution in [0.4, 0.5) is 4.39 Å². The van der Waals surface area contributed by atoms with Crippen molar-refractivity contribution in [1.82, 2.24) is 4.98 Å². The van der Waals surface area contributed by atoms with Crippen molar-refractivity contribution in [3.05, 3.63) is 34.1 Å². The van der Waals surface area contributed by atoms with E-state index < -0.39 is 12.9 Å². The van der Waals surface area contributed by atoms with Crippen LogP contribution in [-0.2, 0) is 0 Å². The maximum atomic E-state index is 12.2. The van der Waals surface area contributed by atoms with E-state index in [1.807, 2.05) is 0 Å². The van der Waals surface area contributed by atoms with Crippen molar-refractivity contribution < 1.29 is 4.39 Å². The number of aromatic nitrogens is 1. The number of hydrogen-bond donors (Lipinski definition) is 0. The Bertz CT molecular complexity index is 283. The predicted molar refractivity (Wildman–Crippen MR) is 41.2 cm³/mol. The summed E-state index contributed by atoms with van der Waals surface area (Å²) < 4.78 is 12.2. The van der Waals surface area contributed by atoms with E-state index in [4.69, 9.17) is 0 Å². The van der Waals surface area contributed by atoms with E-state index in [9.17, 15) is 14.2 Å². The van der Waals surface area contributed by atoms with Crippen LogP contribution in [0.2, 0.25) is 0 Å². The van der Waals surface area contributed by atoms with Crippen LogP contribution in [0.15, 0.2) is 28.5 Å². The molecule has 5 nitrogen and oxygen atoms in total. The highest BCUT2D eigenvalue weighted by atomic mass is 19.1. The zero-order valence-electron chi connectivity index (χ0n) is 5.85. The molecule has 0 aliphatic heterocycles. The normalized spacial score (nSPS) is 9.08. The van der Waals surface area contributed by atoms with Gasteiger partial charge < -0.3 is 0 Å². The Labute approximate surface area is 67.1 Å². The Balaban J connectivity index is 2.94. The van der Waals surface area contributed by atoms with Gasteiger partial charge in [-0.1, -0.05) is 16.2 Å². The van der Waals surface area contributed by atoms with Gasteiger partial charge in [-0.3, -0.25) is 0 Å². The molecule has 0 saturated heterocycles. The molecule has 1 heterocycles. The maximum Gasteiger partial charge on any atom is 0.550 e. The standard InChI is InChI=1S/C5H3BFN3O2/c7-5-2-1-4(3-8-5)6(9-11)10-12/h1-3H. The first-order valence-electron chi connectivity index (χ1n) is 3.04. The molecule has 1 aromatic heterocycles. The third-order valence-electron chi connectivity index (χ3n) is 1.25. The lowest BCUT2D eigenvalue weighted by atomic mass is 9.72. The largest absolute Gasteiger partial charge is 0.550 e. The quantitative estimate of drug-likeness (QED) is 0.372. The van der Waals surface area contributed by atoms with Crippen molar-refractivity contribution >= 4 is 12.4 Å². The van der Waals surface area contributed by atoms with E-state index in [0.717, 1.165) is 12.3 Å². The number of halogens is 1. The number of pyridine rings is 1. The minimum absolute atomic E-state index is 0.182. The minimum Gasteiger partial charge on any atom is -0.229 e. The molecule has 0 amide bonds. The van der Waals surface area contributed by atoms with Gasteiger partial charge >= 0.3 is 6.98 Å². The molecule has 0 bridgehead atoms. The molecule has 0 fully saturated rings. The molecule has 7 heteroatoms. The van der Waals surface area contributed by atoms with Gasteiger partial charge in [0.1, 0.15) is 0 Å². The summed E-state index contributed by atoms with van der Waals surface area (Å²) in [4.78, 5) is 23.1. The van der Waals surface area contributed by atoms with Crippen molar-refractivity contribution in [2.45, 2.75) is 0 Å². The van der Waals surface area contributed by atoms with Crippen molar-refractivity contribution in [3.63, 3.8) is 0 Å². The molecular weight excluding hydrogens is 164 g/mol. The van der Waals surface area contributed by atoms with Crippen molar-refractivity contribution in [3.8, 4) is 0 Å². The highest BCUT2D eigenvalue weighted by molar-refractivity contribution is 6.69. The molecular formula is C5H3BFN3O2. The smallest absolute Gasteiger partial charge is 0.229 e. The van der Waals surface area contributed by atoms with Crippen LogP contribution in [0.5, 0.6) is 0 Å². The molecule has 0 saturated carbocycles. The molecule has 60 valence electrons. The molecule has 1 aromatic rings. The second-order valence-electron chi connectivity index (χ2n) is 2.00. The fraction of sp³-hybridized carbons (Fsp3) is 0. The molecule has 0 aliphatic carbocycles. The van der Waals surface area contributed by atoms with Crippen molar-refractivity contribution in [1.29, 1.82) is 0 Å². The zero-order chi connectivity index (χ0) is 8.97. The highest BCUT2D eigenvalue weighted by Crippen LogP contribution is 1.91. The van der Waals surface area contributed by atoms with Crippen LogP contribution in [0.3, 0.4) is 0 Å². The SMILES string of the molecule is O=NB(N=O)c1ccc(F)nc1. The van der Waals surface area contributed by atoms with E-state index in [1.54, 1.807) is 0 Å². The van der Waals surface area contributed by atoms with E-state index in [0.29, 0.717) is 0 Å². The van der Waals surface area contributed by atoms with Crippen molar-refractivity contribution in [2.75, 3.05) is 0 Å². The van der Waals surface area contributed by atoms with Gasteiger partial charge in [0.25, 0.3) is 0 Å². The second kappa shape index (κ2) is 3.65. The van der Waals surface area contributed by atoms with Crippen LogP contribution >= 0.6 is 0 Å². The Morgan fingerprint density at radius 1 is 1.33 bits per heavy atom. The van der Waals surface area contributed by atoms with Gasteiger partial charge in [0.05, 0.1) is 0 Å². The van der Waals surface area contributed by atoms with Gasteiger partial charge in [-0.05, 0) is 11.5 Å². The summed E-state index contributed by atoms with van der Waals surface area (Å²) in [5.74, 6) is -0.686. The van der Waals surface area contributed by atoms with E-state index in [-0.39, 0.29) is 5.46 Å². The summed E-state index contributed by atoms with van der Waals surface area (Å²) >= 11 is 0. The topological polar surface area (TPSA) is 71.8 Å². The Kier molecular flexibility index (Phi) is 2.57. The molecule has 0 radical (unpaired) electrons. The van der Waals surface area contributed by atoms with Gasteiger partial charge in [-0.15, -0.1) is 0 Å². The first-order valence-corrected chi connectivity index (χ1v) is 3.04. The van der Waals surface area contributed by atoms with Crippen LogP contribution in [0.1, 0.15) is 0 Å². The lowest BCUT2D eigenvalue weighted by Crippen LogP contribution is -2.25. The summed E-state index contributed by atoms with van der Waals surface area (Å²) in [6.07, 6.45) is 1.04. The molecule has 0 atom stereocenters. The number of nitrogens with zero attached hydrogens (tertiary/aromatic N) is 3. The second-order valence-corrected chi connectivity index (χ2v) is 2.00. The summed E-state index contributed by atoms with van der Waals surface area (Å²) in [7, 11) is 0. The van der Waals surface area contributed by atoms with Crippen LogP contribution < -0.4 is 5.46 Å². The summed E-state index contributed by atoms with van der Waals surface area (Å²) in [6, 6.07) is 2.26. The highest BCUT2D eigenvalue weighted by Gasteiger charge is 2.20. The van der Waals surface area contributed by atoms with Gasteiger partial charge in [-0.2, -0.15) is 14.2 Å². The summed E-state index contributed by atoms with van der Waals surface area (Å²) in [5, 5.41) is 4.83. The van der Waals surface area contributed by atoms with Gasteiger partial charge in [0.2, 0.25) is 5.95 Å². The first-order chi connectivity index (χ1) is 5.77. The number of rotatable bonds is 3. The number of nitroso groups, excluding NO2 is 2. The third-order valence-corrected chi connectivity index (χ3v) is 1.25. The summed E-state index contributed by atoms with van der Waals surface area (Å²) in [6.45, 7) is -1.34. The average molecular weight is 167 g/mol.